The van der Waals surface area contributed by atoms with Gasteiger partial charge in [0.1, 0.15) is 6.04 Å². The molecular formula is C15H22N2. The zero-order chi connectivity index (χ0) is 13.1. The summed E-state index contributed by atoms with van der Waals surface area (Å²) in [5.74, 6) is 0.308. The fraction of sp³-hybridized carbons (Fsp3) is 0.533. The van der Waals surface area contributed by atoms with Crippen molar-refractivity contribution in [3.63, 3.8) is 0 Å². The second kappa shape index (κ2) is 5.23. The van der Waals surface area contributed by atoms with Crippen LogP contribution in [-0.4, -0.2) is 6.04 Å². The van der Waals surface area contributed by atoms with Crippen LogP contribution in [-0.2, 0) is 5.41 Å². The Balaban J connectivity index is 2.79. The van der Waals surface area contributed by atoms with Crippen LogP contribution in [0.2, 0.25) is 0 Å². The van der Waals surface area contributed by atoms with E-state index in [4.69, 9.17) is 5.26 Å². The Bertz CT molecular complexity index is 390. The fourth-order valence-electron chi connectivity index (χ4n) is 1.59. The summed E-state index contributed by atoms with van der Waals surface area (Å²) in [5, 5.41) is 12.3. The predicted molar refractivity (Wildman–Crippen MR) is 73.0 cm³/mol. The summed E-state index contributed by atoms with van der Waals surface area (Å²) < 4.78 is 0. The molecular weight excluding hydrogens is 208 g/mol. The van der Waals surface area contributed by atoms with Crippen molar-refractivity contribution >= 4 is 5.69 Å². The molecule has 0 saturated heterocycles. The van der Waals surface area contributed by atoms with Crippen LogP contribution in [0.1, 0.15) is 40.2 Å². The zero-order valence-electron chi connectivity index (χ0n) is 11.4. The highest BCUT2D eigenvalue weighted by Gasteiger charge is 2.14. The summed E-state index contributed by atoms with van der Waals surface area (Å²) in [4.78, 5) is 0. The van der Waals surface area contributed by atoms with Crippen molar-refractivity contribution in [2.24, 2.45) is 5.92 Å². The first-order chi connectivity index (χ1) is 7.84. The van der Waals surface area contributed by atoms with Gasteiger partial charge in [0.2, 0.25) is 0 Å². The van der Waals surface area contributed by atoms with E-state index in [1.807, 2.05) is 26.0 Å². The molecule has 2 nitrogen and oxygen atoms in total. The third kappa shape index (κ3) is 3.78. The van der Waals surface area contributed by atoms with E-state index in [1.54, 1.807) is 0 Å². The smallest absolute Gasteiger partial charge is 0.116 e. The van der Waals surface area contributed by atoms with Gasteiger partial charge in [0, 0.05) is 5.69 Å². The second-order valence-electron chi connectivity index (χ2n) is 5.82. The first-order valence-electron chi connectivity index (χ1n) is 6.11. The van der Waals surface area contributed by atoms with Crippen LogP contribution in [0.5, 0.6) is 0 Å². The molecule has 0 radical (unpaired) electrons. The minimum Gasteiger partial charge on any atom is -0.370 e. The molecule has 1 aromatic rings. The van der Waals surface area contributed by atoms with Gasteiger partial charge in [-0.3, -0.25) is 0 Å². The number of hydrogen-bond donors (Lipinski definition) is 1. The standard InChI is InChI=1S/C15H22N2/c1-11(2)14(10-16)17-13-8-6-12(7-9-13)15(3,4)5/h6-9,11,14,17H,1-5H3. The Labute approximate surface area is 105 Å². The van der Waals surface area contributed by atoms with Gasteiger partial charge in [-0.05, 0) is 29.0 Å². The number of anilines is 1. The molecule has 1 atom stereocenters. The van der Waals surface area contributed by atoms with E-state index in [0.717, 1.165) is 5.69 Å². The van der Waals surface area contributed by atoms with Gasteiger partial charge in [0.05, 0.1) is 6.07 Å². The van der Waals surface area contributed by atoms with Crippen molar-refractivity contribution in [3.8, 4) is 6.07 Å². The third-order valence-corrected chi connectivity index (χ3v) is 2.88. The predicted octanol–water partition coefficient (Wildman–Crippen LogP) is 3.94. The molecule has 0 aromatic heterocycles. The molecule has 92 valence electrons. The molecule has 1 N–H and O–H groups in total. The Hall–Kier alpha value is -1.49. The van der Waals surface area contributed by atoms with E-state index in [0.29, 0.717) is 5.92 Å². The molecule has 2 heteroatoms. The maximum Gasteiger partial charge on any atom is 0.116 e. The maximum absolute atomic E-state index is 9.03. The van der Waals surface area contributed by atoms with Crippen molar-refractivity contribution in [2.75, 3.05) is 5.32 Å². The van der Waals surface area contributed by atoms with Crippen LogP contribution < -0.4 is 5.32 Å². The van der Waals surface area contributed by atoms with Crippen molar-refractivity contribution in [2.45, 2.75) is 46.1 Å². The molecule has 0 bridgehead atoms. The van der Waals surface area contributed by atoms with E-state index in [1.165, 1.54) is 5.56 Å². The van der Waals surface area contributed by atoms with Gasteiger partial charge in [-0.25, -0.2) is 0 Å². The molecule has 1 aromatic carbocycles. The van der Waals surface area contributed by atoms with Crippen molar-refractivity contribution in [3.05, 3.63) is 29.8 Å². The van der Waals surface area contributed by atoms with Crippen molar-refractivity contribution in [1.82, 2.24) is 0 Å². The summed E-state index contributed by atoms with van der Waals surface area (Å²) in [5.41, 5.74) is 2.49. The number of rotatable bonds is 3. The molecule has 1 unspecified atom stereocenters. The topological polar surface area (TPSA) is 35.8 Å². The molecule has 0 heterocycles. The molecule has 1 rings (SSSR count). The molecule has 0 fully saturated rings. The molecule has 17 heavy (non-hydrogen) atoms. The third-order valence-electron chi connectivity index (χ3n) is 2.88. The average molecular weight is 230 g/mol. The summed E-state index contributed by atoms with van der Waals surface area (Å²) in [7, 11) is 0. The number of nitriles is 1. The molecule has 0 saturated carbocycles. The summed E-state index contributed by atoms with van der Waals surface area (Å²) in [6.45, 7) is 10.7. The van der Waals surface area contributed by atoms with Crippen LogP contribution in [0.15, 0.2) is 24.3 Å². The van der Waals surface area contributed by atoms with E-state index in [2.05, 4.69) is 44.3 Å². The van der Waals surface area contributed by atoms with Crippen LogP contribution in [0.25, 0.3) is 0 Å². The highest BCUT2D eigenvalue weighted by atomic mass is 14.9. The summed E-state index contributed by atoms with van der Waals surface area (Å²) >= 11 is 0. The number of nitrogens with zero attached hydrogens (tertiary/aromatic N) is 1. The fourth-order valence-corrected chi connectivity index (χ4v) is 1.59. The Morgan fingerprint density at radius 1 is 1.12 bits per heavy atom. The Kier molecular flexibility index (Phi) is 4.17. The van der Waals surface area contributed by atoms with Crippen LogP contribution in [0, 0.1) is 17.2 Å². The average Bonchev–Trinajstić information content (AvgIpc) is 2.25. The first kappa shape index (κ1) is 13.6. The van der Waals surface area contributed by atoms with E-state index >= 15 is 0 Å². The largest absolute Gasteiger partial charge is 0.370 e. The van der Waals surface area contributed by atoms with Gasteiger partial charge in [-0.15, -0.1) is 0 Å². The lowest BCUT2D eigenvalue weighted by Crippen LogP contribution is -2.23. The zero-order valence-corrected chi connectivity index (χ0v) is 11.4. The molecule has 0 aliphatic rings. The van der Waals surface area contributed by atoms with Gasteiger partial charge in [0.15, 0.2) is 0 Å². The SMILES string of the molecule is CC(C)C(C#N)Nc1ccc(C(C)(C)C)cc1. The molecule has 0 spiro atoms. The van der Waals surface area contributed by atoms with Gasteiger partial charge in [0.25, 0.3) is 0 Å². The lowest BCUT2D eigenvalue weighted by molar-refractivity contribution is 0.589. The highest BCUT2D eigenvalue weighted by Crippen LogP contribution is 2.24. The van der Waals surface area contributed by atoms with Crippen LogP contribution in [0.4, 0.5) is 5.69 Å². The number of nitrogens with one attached hydrogen (secondary N) is 1. The van der Waals surface area contributed by atoms with Crippen molar-refractivity contribution < 1.29 is 0 Å². The maximum atomic E-state index is 9.03. The quantitative estimate of drug-likeness (QED) is 0.853. The highest BCUT2D eigenvalue weighted by molar-refractivity contribution is 5.47. The van der Waals surface area contributed by atoms with E-state index in [9.17, 15) is 0 Å². The first-order valence-corrected chi connectivity index (χ1v) is 6.11. The monoisotopic (exact) mass is 230 g/mol. The van der Waals surface area contributed by atoms with E-state index in [-0.39, 0.29) is 11.5 Å². The van der Waals surface area contributed by atoms with Gasteiger partial charge in [-0.2, -0.15) is 5.26 Å². The number of hydrogen-bond acceptors (Lipinski definition) is 2. The van der Waals surface area contributed by atoms with Gasteiger partial charge < -0.3 is 5.32 Å². The minimum atomic E-state index is -0.129. The normalized spacial score (nSPS) is 13.2. The van der Waals surface area contributed by atoms with Crippen LogP contribution >= 0.6 is 0 Å². The summed E-state index contributed by atoms with van der Waals surface area (Å²) in [6, 6.07) is 10.5. The summed E-state index contributed by atoms with van der Waals surface area (Å²) in [6.07, 6.45) is 0. The second-order valence-corrected chi connectivity index (χ2v) is 5.82. The lowest BCUT2D eigenvalue weighted by atomic mass is 9.87. The molecule has 0 amide bonds. The minimum absolute atomic E-state index is 0.129. The lowest BCUT2D eigenvalue weighted by Gasteiger charge is -2.20. The number of benzene rings is 1. The van der Waals surface area contributed by atoms with Gasteiger partial charge >= 0.3 is 0 Å². The van der Waals surface area contributed by atoms with Crippen molar-refractivity contribution in [1.29, 1.82) is 5.26 Å². The Morgan fingerprint density at radius 2 is 1.65 bits per heavy atom. The van der Waals surface area contributed by atoms with E-state index < -0.39 is 0 Å². The Morgan fingerprint density at radius 3 is 2.00 bits per heavy atom. The van der Waals surface area contributed by atoms with Gasteiger partial charge in [-0.1, -0.05) is 46.8 Å². The molecule has 0 aliphatic heterocycles. The molecule has 0 aliphatic carbocycles. The van der Waals surface area contributed by atoms with Crippen LogP contribution in [0.3, 0.4) is 0 Å².